The highest BCUT2D eigenvalue weighted by Gasteiger charge is 2.08. The summed E-state index contributed by atoms with van der Waals surface area (Å²) in [5.74, 6) is -0.0309. The molecule has 0 aliphatic rings. The summed E-state index contributed by atoms with van der Waals surface area (Å²) in [6.07, 6.45) is 14.2. The standard InChI is InChI=1S/C19H30N2O/c1-19(2,3)13-7-5-4-6-8-15-21-18(22)12-11-17-10-9-14-20-16-17/h9-12,14,16H,4-8,13,15H2,1-3H3,(H,21,22)/b12-11+. The number of pyridine rings is 1. The van der Waals surface area contributed by atoms with Gasteiger partial charge < -0.3 is 5.32 Å². The van der Waals surface area contributed by atoms with Crippen LogP contribution in [0, 0.1) is 5.41 Å². The Balaban J connectivity index is 2.00. The van der Waals surface area contributed by atoms with Gasteiger partial charge in [0.2, 0.25) is 5.91 Å². The summed E-state index contributed by atoms with van der Waals surface area (Å²) in [6, 6.07) is 3.78. The number of nitrogens with zero attached hydrogens (tertiary/aromatic N) is 1. The van der Waals surface area contributed by atoms with Gasteiger partial charge in [0.25, 0.3) is 0 Å². The molecule has 1 aromatic heterocycles. The van der Waals surface area contributed by atoms with E-state index < -0.39 is 0 Å². The highest BCUT2D eigenvalue weighted by Crippen LogP contribution is 2.22. The molecule has 0 atom stereocenters. The molecule has 1 aromatic rings. The van der Waals surface area contributed by atoms with Crippen molar-refractivity contribution < 1.29 is 4.79 Å². The average Bonchev–Trinajstić information content (AvgIpc) is 2.48. The lowest BCUT2D eigenvalue weighted by Gasteiger charge is -2.17. The molecule has 0 bridgehead atoms. The third-order valence-corrected chi connectivity index (χ3v) is 3.51. The molecule has 1 heterocycles. The second kappa shape index (κ2) is 10.1. The number of hydrogen-bond donors (Lipinski definition) is 1. The number of carbonyl (C=O) groups is 1. The minimum atomic E-state index is -0.0309. The monoisotopic (exact) mass is 302 g/mol. The van der Waals surface area contributed by atoms with E-state index in [0.717, 1.165) is 18.5 Å². The maximum absolute atomic E-state index is 11.6. The van der Waals surface area contributed by atoms with E-state index in [1.54, 1.807) is 24.5 Å². The number of rotatable bonds is 9. The van der Waals surface area contributed by atoms with Crippen LogP contribution in [0.4, 0.5) is 0 Å². The molecule has 3 nitrogen and oxygen atoms in total. The lowest BCUT2D eigenvalue weighted by Crippen LogP contribution is -2.21. The van der Waals surface area contributed by atoms with E-state index in [0.29, 0.717) is 5.41 Å². The molecule has 0 saturated heterocycles. The number of nitrogens with one attached hydrogen (secondary N) is 1. The summed E-state index contributed by atoms with van der Waals surface area (Å²) in [4.78, 5) is 15.6. The Morgan fingerprint density at radius 1 is 1.18 bits per heavy atom. The summed E-state index contributed by atoms with van der Waals surface area (Å²) in [6.45, 7) is 7.64. The van der Waals surface area contributed by atoms with Gasteiger partial charge in [-0.2, -0.15) is 0 Å². The topological polar surface area (TPSA) is 42.0 Å². The molecular formula is C19H30N2O. The number of hydrogen-bond acceptors (Lipinski definition) is 2. The quantitative estimate of drug-likeness (QED) is 0.535. The van der Waals surface area contributed by atoms with Crippen LogP contribution < -0.4 is 5.32 Å². The van der Waals surface area contributed by atoms with E-state index in [1.165, 1.54) is 32.1 Å². The van der Waals surface area contributed by atoms with Gasteiger partial charge >= 0.3 is 0 Å². The smallest absolute Gasteiger partial charge is 0.243 e. The van der Waals surface area contributed by atoms with Crippen LogP contribution in [0.3, 0.4) is 0 Å². The van der Waals surface area contributed by atoms with Gasteiger partial charge in [0.05, 0.1) is 0 Å². The number of aromatic nitrogens is 1. The molecule has 0 aliphatic heterocycles. The molecule has 0 saturated carbocycles. The first-order chi connectivity index (χ1) is 10.5. The van der Waals surface area contributed by atoms with Gasteiger partial charge in [0, 0.05) is 25.0 Å². The van der Waals surface area contributed by atoms with E-state index in [2.05, 4.69) is 31.1 Å². The van der Waals surface area contributed by atoms with E-state index >= 15 is 0 Å². The van der Waals surface area contributed by atoms with Crippen molar-refractivity contribution in [3.8, 4) is 0 Å². The Hall–Kier alpha value is -1.64. The third-order valence-electron chi connectivity index (χ3n) is 3.51. The summed E-state index contributed by atoms with van der Waals surface area (Å²) in [5.41, 5.74) is 1.39. The predicted octanol–water partition coefficient (Wildman–Crippen LogP) is 4.60. The van der Waals surface area contributed by atoms with Crippen molar-refractivity contribution in [2.24, 2.45) is 5.41 Å². The lowest BCUT2D eigenvalue weighted by molar-refractivity contribution is -0.116. The highest BCUT2D eigenvalue weighted by molar-refractivity contribution is 5.91. The Morgan fingerprint density at radius 3 is 2.59 bits per heavy atom. The van der Waals surface area contributed by atoms with Crippen LogP contribution in [-0.2, 0) is 4.79 Å². The van der Waals surface area contributed by atoms with Crippen molar-refractivity contribution in [1.82, 2.24) is 10.3 Å². The summed E-state index contributed by atoms with van der Waals surface area (Å²) < 4.78 is 0. The van der Waals surface area contributed by atoms with Gasteiger partial charge in [-0.25, -0.2) is 0 Å². The lowest BCUT2D eigenvalue weighted by atomic mass is 9.89. The Bertz CT molecular complexity index is 446. The highest BCUT2D eigenvalue weighted by atomic mass is 16.1. The third kappa shape index (κ3) is 10.1. The Morgan fingerprint density at radius 2 is 1.91 bits per heavy atom. The van der Waals surface area contributed by atoms with Crippen molar-refractivity contribution in [3.05, 3.63) is 36.2 Å². The number of unbranched alkanes of at least 4 members (excludes halogenated alkanes) is 4. The Labute approximate surface area is 135 Å². The van der Waals surface area contributed by atoms with Crippen LogP contribution in [0.2, 0.25) is 0 Å². The van der Waals surface area contributed by atoms with Gasteiger partial charge in [0.1, 0.15) is 0 Å². The molecule has 0 aromatic carbocycles. The summed E-state index contributed by atoms with van der Waals surface area (Å²) in [7, 11) is 0. The van der Waals surface area contributed by atoms with Crippen LogP contribution in [0.15, 0.2) is 30.6 Å². The zero-order valence-corrected chi connectivity index (χ0v) is 14.3. The normalized spacial score (nSPS) is 11.8. The van der Waals surface area contributed by atoms with E-state index in [1.807, 2.05) is 12.1 Å². The van der Waals surface area contributed by atoms with Crippen molar-refractivity contribution in [1.29, 1.82) is 0 Å². The number of amides is 1. The van der Waals surface area contributed by atoms with Gasteiger partial charge in [-0.1, -0.05) is 52.5 Å². The second-order valence-electron chi connectivity index (χ2n) is 6.99. The SMILES string of the molecule is CC(C)(C)CCCCCCCNC(=O)/C=C/c1cccnc1. The van der Waals surface area contributed by atoms with Crippen LogP contribution in [0.1, 0.15) is 64.9 Å². The molecule has 1 amide bonds. The molecule has 0 unspecified atom stereocenters. The zero-order valence-electron chi connectivity index (χ0n) is 14.3. The van der Waals surface area contributed by atoms with Gasteiger partial charge in [-0.3, -0.25) is 9.78 Å². The van der Waals surface area contributed by atoms with Gasteiger partial charge in [-0.05, 0) is 36.0 Å². The van der Waals surface area contributed by atoms with E-state index in [-0.39, 0.29) is 5.91 Å². The molecule has 122 valence electrons. The van der Waals surface area contributed by atoms with E-state index in [9.17, 15) is 4.79 Å². The van der Waals surface area contributed by atoms with Crippen LogP contribution in [-0.4, -0.2) is 17.4 Å². The summed E-state index contributed by atoms with van der Waals surface area (Å²) in [5, 5.41) is 2.92. The van der Waals surface area contributed by atoms with Gasteiger partial charge in [0.15, 0.2) is 0 Å². The minimum Gasteiger partial charge on any atom is -0.353 e. The Kier molecular flexibility index (Phi) is 8.49. The molecule has 1 rings (SSSR count). The van der Waals surface area contributed by atoms with Crippen LogP contribution >= 0.6 is 0 Å². The molecule has 3 heteroatoms. The van der Waals surface area contributed by atoms with Crippen LogP contribution in [0.5, 0.6) is 0 Å². The first kappa shape index (κ1) is 18.4. The second-order valence-corrected chi connectivity index (χ2v) is 6.99. The fourth-order valence-corrected chi connectivity index (χ4v) is 2.23. The first-order valence-electron chi connectivity index (χ1n) is 8.33. The molecule has 0 fully saturated rings. The molecule has 0 spiro atoms. The molecule has 0 aliphatic carbocycles. The zero-order chi connectivity index (χ0) is 16.3. The minimum absolute atomic E-state index is 0.0309. The summed E-state index contributed by atoms with van der Waals surface area (Å²) >= 11 is 0. The maximum Gasteiger partial charge on any atom is 0.243 e. The first-order valence-corrected chi connectivity index (χ1v) is 8.33. The van der Waals surface area contributed by atoms with Crippen molar-refractivity contribution in [2.45, 2.75) is 59.3 Å². The van der Waals surface area contributed by atoms with E-state index in [4.69, 9.17) is 0 Å². The van der Waals surface area contributed by atoms with Gasteiger partial charge in [-0.15, -0.1) is 0 Å². The maximum atomic E-state index is 11.6. The molecular weight excluding hydrogens is 272 g/mol. The fourth-order valence-electron chi connectivity index (χ4n) is 2.23. The molecule has 0 radical (unpaired) electrons. The predicted molar refractivity (Wildman–Crippen MR) is 93.4 cm³/mol. The average molecular weight is 302 g/mol. The van der Waals surface area contributed by atoms with Crippen molar-refractivity contribution in [2.75, 3.05) is 6.54 Å². The van der Waals surface area contributed by atoms with Crippen molar-refractivity contribution in [3.63, 3.8) is 0 Å². The molecule has 1 N–H and O–H groups in total. The van der Waals surface area contributed by atoms with Crippen molar-refractivity contribution >= 4 is 12.0 Å². The molecule has 22 heavy (non-hydrogen) atoms. The largest absolute Gasteiger partial charge is 0.353 e. The number of carbonyl (C=O) groups excluding carboxylic acids is 1. The van der Waals surface area contributed by atoms with Crippen LogP contribution in [0.25, 0.3) is 6.08 Å². The fraction of sp³-hybridized carbons (Fsp3) is 0.579.